The van der Waals surface area contributed by atoms with Crippen molar-refractivity contribution in [3.8, 4) is 0 Å². The van der Waals surface area contributed by atoms with Crippen LogP contribution in [0.3, 0.4) is 0 Å². The maximum Gasteiger partial charge on any atom is 0.269 e. The number of hydrogen-bond donors (Lipinski definition) is 2. The van der Waals surface area contributed by atoms with Crippen molar-refractivity contribution in [2.24, 2.45) is 11.8 Å². The summed E-state index contributed by atoms with van der Waals surface area (Å²) in [4.78, 5) is 37.1. The highest BCUT2D eigenvalue weighted by Gasteiger charge is 2.34. The van der Waals surface area contributed by atoms with E-state index in [2.05, 4.69) is 27.2 Å². The molecule has 29 heavy (non-hydrogen) atoms. The largest absolute Gasteiger partial charge is 0.370 e. The van der Waals surface area contributed by atoms with Gasteiger partial charge in [-0.05, 0) is 48.1 Å². The molecule has 1 saturated carbocycles. The summed E-state index contributed by atoms with van der Waals surface area (Å²) in [6.07, 6.45) is 4.55. The van der Waals surface area contributed by atoms with Crippen LogP contribution in [0.5, 0.6) is 0 Å². The van der Waals surface area contributed by atoms with Crippen LogP contribution in [0.15, 0.2) is 36.7 Å². The van der Waals surface area contributed by atoms with Crippen LogP contribution >= 0.6 is 0 Å². The first kappa shape index (κ1) is 19.3. The predicted octanol–water partition coefficient (Wildman–Crippen LogP) is 3.28. The average molecular weight is 392 g/mol. The maximum atomic E-state index is 12.9. The molecule has 7 heteroatoms. The third-order valence-electron chi connectivity index (χ3n) is 5.63. The fourth-order valence-corrected chi connectivity index (χ4v) is 3.75. The molecule has 7 nitrogen and oxygen atoms in total. The lowest BCUT2D eigenvalue weighted by Crippen LogP contribution is -2.21. The Hall–Kier alpha value is -3.06. The predicted molar refractivity (Wildman–Crippen MR) is 109 cm³/mol. The molecule has 0 spiro atoms. The van der Waals surface area contributed by atoms with Gasteiger partial charge >= 0.3 is 0 Å². The van der Waals surface area contributed by atoms with Crippen molar-refractivity contribution in [3.05, 3.63) is 59.2 Å². The van der Waals surface area contributed by atoms with E-state index in [-0.39, 0.29) is 17.4 Å². The molecule has 1 amide bonds. The SMILES string of the molecule is CNC(=O)c1cc(C(=O)C[C@H]2C[C@@H]2C)cc([C@@H](OC)c2ccnc3[nH]ccc23)n1. The van der Waals surface area contributed by atoms with E-state index in [1.165, 1.54) is 0 Å². The third kappa shape index (κ3) is 3.78. The number of carbonyl (C=O) groups is 2. The van der Waals surface area contributed by atoms with Gasteiger partial charge in [-0.3, -0.25) is 9.59 Å². The highest BCUT2D eigenvalue weighted by atomic mass is 16.5. The van der Waals surface area contributed by atoms with Gasteiger partial charge < -0.3 is 15.0 Å². The number of aromatic amines is 1. The number of Topliss-reactive ketones (excluding diaryl/α,β-unsaturated/α-hetero) is 1. The zero-order valence-corrected chi connectivity index (χ0v) is 16.7. The van der Waals surface area contributed by atoms with Crippen molar-refractivity contribution in [1.82, 2.24) is 20.3 Å². The molecule has 1 fully saturated rings. The van der Waals surface area contributed by atoms with Crippen LogP contribution < -0.4 is 5.32 Å². The Morgan fingerprint density at radius 2 is 2.14 bits per heavy atom. The molecule has 3 atom stereocenters. The molecule has 4 rings (SSSR count). The summed E-state index contributed by atoms with van der Waals surface area (Å²) >= 11 is 0. The number of hydrogen-bond acceptors (Lipinski definition) is 5. The number of ketones is 1. The van der Waals surface area contributed by atoms with Gasteiger partial charge in [0.2, 0.25) is 0 Å². The molecule has 3 heterocycles. The molecule has 0 unspecified atom stereocenters. The lowest BCUT2D eigenvalue weighted by atomic mass is 9.99. The van der Waals surface area contributed by atoms with E-state index in [0.29, 0.717) is 29.5 Å². The van der Waals surface area contributed by atoms with Crippen LogP contribution in [-0.4, -0.2) is 40.8 Å². The van der Waals surface area contributed by atoms with Gasteiger partial charge in [-0.1, -0.05) is 6.92 Å². The van der Waals surface area contributed by atoms with Crippen molar-refractivity contribution in [3.63, 3.8) is 0 Å². The van der Waals surface area contributed by atoms with Crippen LogP contribution in [0.4, 0.5) is 0 Å². The van der Waals surface area contributed by atoms with E-state index in [1.54, 1.807) is 32.5 Å². The molecule has 3 aromatic rings. The molecular weight excluding hydrogens is 368 g/mol. The van der Waals surface area contributed by atoms with Crippen molar-refractivity contribution in [1.29, 1.82) is 0 Å². The van der Waals surface area contributed by atoms with E-state index in [0.717, 1.165) is 23.0 Å². The van der Waals surface area contributed by atoms with Crippen LogP contribution in [0, 0.1) is 11.8 Å². The molecular formula is C22H24N4O3. The monoisotopic (exact) mass is 392 g/mol. The first-order valence-corrected chi connectivity index (χ1v) is 9.73. The van der Waals surface area contributed by atoms with E-state index in [1.807, 2.05) is 18.3 Å². The molecule has 0 aliphatic heterocycles. The number of nitrogens with one attached hydrogen (secondary N) is 2. The minimum absolute atomic E-state index is 0.0320. The molecule has 150 valence electrons. The van der Waals surface area contributed by atoms with Gasteiger partial charge in [0.25, 0.3) is 5.91 Å². The summed E-state index contributed by atoms with van der Waals surface area (Å²) in [5.74, 6) is 0.714. The number of methoxy groups -OCH3 is 1. The van der Waals surface area contributed by atoms with Crippen LogP contribution in [0.1, 0.15) is 58.0 Å². The quantitative estimate of drug-likeness (QED) is 0.602. The van der Waals surface area contributed by atoms with Gasteiger partial charge in [-0.2, -0.15) is 0 Å². The summed E-state index contributed by atoms with van der Waals surface area (Å²) < 4.78 is 5.77. The van der Waals surface area contributed by atoms with Gasteiger partial charge in [0.1, 0.15) is 17.4 Å². The molecule has 0 bridgehead atoms. The first-order chi connectivity index (χ1) is 14.0. The summed E-state index contributed by atoms with van der Waals surface area (Å²) in [6, 6.07) is 7.11. The second kappa shape index (κ2) is 7.75. The Kier molecular flexibility index (Phi) is 5.15. The summed E-state index contributed by atoms with van der Waals surface area (Å²) in [5, 5.41) is 3.50. The van der Waals surface area contributed by atoms with Crippen molar-refractivity contribution in [2.45, 2.75) is 25.9 Å². The van der Waals surface area contributed by atoms with E-state index >= 15 is 0 Å². The van der Waals surface area contributed by atoms with Crippen molar-refractivity contribution in [2.75, 3.05) is 14.2 Å². The Balaban J connectivity index is 1.78. The minimum Gasteiger partial charge on any atom is -0.370 e. The lowest BCUT2D eigenvalue weighted by Gasteiger charge is -2.18. The summed E-state index contributed by atoms with van der Waals surface area (Å²) in [5.41, 5.74) is 2.84. The molecule has 2 N–H and O–H groups in total. The fraction of sp³-hybridized carbons (Fsp3) is 0.364. The fourth-order valence-electron chi connectivity index (χ4n) is 3.75. The molecule has 0 aromatic carbocycles. The molecule has 1 aliphatic carbocycles. The highest BCUT2D eigenvalue weighted by molar-refractivity contribution is 6.00. The summed E-state index contributed by atoms with van der Waals surface area (Å²) in [6.45, 7) is 2.15. The Labute approximate surface area is 168 Å². The van der Waals surface area contributed by atoms with Crippen LogP contribution in [0.2, 0.25) is 0 Å². The number of fused-ring (bicyclic) bond motifs is 1. The number of pyridine rings is 2. The third-order valence-corrected chi connectivity index (χ3v) is 5.63. The van der Waals surface area contributed by atoms with E-state index < -0.39 is 6.10 Å². The topological polar surface area (TPSA) is 97.0 Å². The average Bonchev–Trinajstić information content (AvgIpc) is 3.21. The Bertz CT molecular complexity index is 1070. The highest BCUT2D eigenvalue weighted by Crippen LogP contribution is 2.41. The van der Waals surface area contributed by atoms with E-state index in [9.17, 15) is 9.59 Å². The normalized spacial score (nSPS) is 19.1. The van der Waals surface area contributed by atoms with Gasteiger partial charge in [0.15, 0.2) is 5.78 Å². The Morgan fingerprint density at radius 1 is 1.34 bits per heavy atom. The van der Waals surface area contributed by atoms with Crippen molar-refractivity contribution >= 4 is 22.7 Å². The molecule has 0 radical (unpaired) electrons. The van der Waals surface area contributed by atoms with Gasteiger partial charge in [-0.25, -0.2) is 9.97 Å². The molecule has 0 saturated heterocycles. The molecule has 3 aromatic heterocycles. The number of amides is 1. The summed E-state index contributed by atoms with van der Waals surface area (Å²) in [7, 11) is 3.13. The van der Waals surface area contributed by atoms with Crippen molar-refractivity contribution < 1.29 is 14.3 Å². The molecule has 1 aliphatic rings. The number of ether oxygens (including phenoxy) is 1. The minimum atomic E-state index is -0.535. The number of aromatic nitrogens is 3. The smallest absolute Gasteiger partial charge is 0.269 e. The second-order valence-corrected chi connectivity index (χ2v) is 7.60. The maximum absolute atomic E-state index is 12.9. The van der Waals surface area contributed by atoms with E-state index in [4.69, 9.17) is 4.74 Å². The first-order valence-electron chi connectivity index (χ1n) is 9.73. The zero-order chi connectivity index (χ0) is 20.5. The standard InChI is InChI=1S/C22H24N4O3/c1-12-8-13(12)11-19(27)14-9-17(26-18(10-14)22(28)23-2)20(29-3)15-4-6-24-21-16(15)5-7-25-21/h4-7,9-10,12-13,20H,8,11H2,1-3H3,(H,23,28)(H,24,25)/t12-,13+,20-/m0/s1. The number of H-pyrrole nitrogens is 1. The number of carbonyl (C=O) groups excluding carboxylic acids is 2. The zero-order valence-electron chi connectivity index (χ0n) is 16.7. The van der Waals surface area contributed by atoms with Gasteiger partial charge in [0, 0.05) is 43.9 Å². The lowest BCUT2D eigenvalue weighted by molar-refractivity contribution is 0.0955. The second-order valence-electron chi connectivity index (χ2n) is 7.60. The van der Waals surface area contributed by atoms with Gasteiger partial charge in [-0.15, -0.1) is 0 Å². The number of nitrogens with zero attached hydrogens (tertiary/aromatic N) is 2. The van der Waals surface area contributed by atoms with Gasteiger partial charge in [0.05, 0.1) is 5.69 Å². The van der Waals surface area contributed by atoms with Crippen LogP contribution in [0.25, 0.3) is 11.0 Å². The van der Waals surface area contributed by atoms with Crippen LogP contribution in [-0.2, 0) is 4.74 Å². The Morgan fingerprint density at radius 3 is 2.83 bits per heavy atom. The number of rotatable bonds is 7.